The zero-order chi connectivity index (χ0) is 13.7. The lowest BCUT2D eigenvalue weighted by Crippen LogP contribution is -2.35. The Hall–Kier alpha value is -1.42. The molecule has 1 heterocycles. The van der Waals surface area contributed by atoms with Crippen LogP contribution in [0, 0.1) is 11.7 Å². The SMILES string of the molecule is C[C@H](NC(=O)CC1CCCNC1)c1cccc(F)c1. The van der Waals surface area contributed by atoms with E-state index in [1.54, 1.807) is 6.07 Å². The molecule has 0 aromatic heterocycles. The molecule has 0 saturated carbocycles. The molecule has 1 saturated heterocycles. The van der Waals surface area contributed by atoms with Crippen LogP contribution in [0.5, 0.6) is 0 Å². The molecule has 104 valence electrons. The van der Waals surface area contributed by atoms with Gasteiger partial charge in [-0.3, -0.25) is 4.79 Å². The first-order valence-corrected chi connectivity index (χ1v) is 6.90. The molecule has 4 heteroatoms. The number of piperidine rings is 1. The number of hydrogen-bond acceptors (Lipinski definition) is 2. The zero-order valence-corrected chi connectivity index (χ0v) is 11.3. The minimum absolute atomic E-state index is 0.0467. The topological polar surface area (TPSA) is 41.1 Å². The lowest BCUT2D eigenvalue weighted by atomic mass is 9.95. The average Bonchev–Trinajstić information content (AvgIpc) is 2.39. The Labute approximate surface area is 113 Å². The van der Waals surface area contributed by atoms with Crippen molar-refractivity contribution in [1.82, 2.24) is 10.6 Å². The third kappa shape index (κ3) is 4.31. The number of amides is 1. The van der Waals surface area contributed by atoms with Crippen molar-refractivity contribution in [2.75, 3.05) is 13.1 Å². The van der Waals surface area contributed by atoms with Crippen LogP contribution in [0.25, 0.3) is 0 Å². The first-order chi connectivity index (χ1) is 9.15. The van der Waals surface area contributed by atoms with Crippen LogP contribution in [0.15, 0.2) is 24.3 Å². The van der Waals surface area contributed by atoms with Gasteiger partial charge in [0.05, 0.1) is 6.04 Å². The Morgan fingerprint density at radius 3 is 3.11 bits per heavy atom. The van der Waals surface area contributed by atoms with Gasteiger partial charge in [-0.2, -0.15) is 0 Å². The van der Waals surface area contributed by atoms with E-state index in [1.165, 1.54) is 12.1 Å². The van der Waals surface area contributed by atoms with E-state index < -0.39 is 0 Å². The fourth-order valence-corrected chi connectivity index (χ4v) is 2.52. The van der Waals surface area contributed by atoms with Gasteiger partial charge in [0.15, 0.2) is 0 Å². The van der Waals surface area contributed by atoms with E-state index in [0.29, 0.717) is 12.3 Å². The van der Waals surface area contributed by atoms with Gasteiger partial charge >= 0.3 is 0 Å². The quantitative estimate of drug-likeness (QED) is 0.876. The summed E-state index contributed by atoms with van der Waals surface area (Å²) in [5.41, 5.74) is 0.801. The van der Waals surface area contributed by atoms with Gasteiger partial charge in [0.2, 0.25) is 5.91 Å². The van der Waals surface area contributed by atoms with Crippen LogP contribution in [0.1, 0.15) is 37.8 Å². The molecule has 0 aliphatic carbocycles. The van der Waals surface area contributed by atoms with Crippen molar-refractivity contribution in [3.05, 3.63) is 35.6 Å². The summed E-state index contributed by atoms with van der Waals surface area (Å²) < 4.78 is 13.1. The second-order valence-electron chi connectivity index (χ2n) is 5.26. The Bertz CT molecular complexity index is 430. The number of carbonyl (C=O) groups excluding carboxylic acids is 1. The maximum atomic E-state index is 13.1. The molecular weight excluding hydrogens is 243 g/mol. The Balaban J connectivity index is 1.84. The molecule has 0 spiro atoms. The van der Waals surface area contributed by atoms with Crippen molar-refractivity contribution in [2.45, 2.75) is 32.2 Å². The first-order valence-electron chi connectivity index (χ1n) is 6.90. The molecule has 19 heavy (non-hydrogen) atoms. The summed E-state index contributed by atoms with van der Waals surface area (Å²) in [5.74, 6) is 0.203. The summed E-state index contributed by atoms with van der Waals surface area (Å²) in [6.45, 7) is 3.85. The van der Waals surface area contributed by atoms with Gasteiger partial charge in [-0.25, -0.2) is 4.39 Å². The number of rotatable bonds is 4. The number of halogens is 1. The van der Waals surface area contributed by atoms with Crippen molar-refractivity contribution < 1.29 is 9.18 Å². The van der Waals surface area contributed by atoms with E-state index in [0.717, 1.165) is 31.5 Å². The number of nitrogens with one attached hydrogen (secondary N) is 2. The third-order valence-electron chi connectivity index (χ3n) is 3.60. The standard InChI is InChI=1S/C15H21FN2O/c1-11(13-5-2-6-14(16)9-13)18-15(19)8-12-4-3-7-17-10-12/h2,5-6,9,11-12,17H,3-4,7-8,10H2,1H3,(H,18,19)/t11-,12?/m0/s1. The highest BCUT2D eigenvalue weighted by molar-refractivity contribution is 5.76. The fourth-order valence-electron chi connectivity index (χ4n) is 2.52. The van der Waals surface area contributed by atoms with Crippen molar-refractivity contribution in [3.63, 3.8) is 0 Å². The van der Waals surface area contributed by atoms with E-state index in [4.69, 9.17) is 0 Å². The highest BCUT2D eigenvalue weighted by Gasteiger charge is 2.18. The molecule has 2 rings (SSSR count). The van der Waals surface area contributed by atoms with Gasteiger partial charge in [-0.15, -0.1) is 0 Å². The molecule has 1 aliphatic heterocycles. The highest BCUT2D eigenvalue weighted by atomic mass is 19.1. The van der Waals surface area contributed by atoms with Gasteiger partial charge < -0.3 is 10.6 Å². The molecule has 2 atom stereocenters. The Kier molecular flexibility index (Phi) is 4.91. The second-order valence-corrected chi connectivity index (χ2v) is 5.26. The molecule has 3 nitrogen and oxygen atoms in total. The van der Waals surface area contributed by atoms with Crippen molar-refractivity contribution in [1.29, 1.82) is 0 Å². The average molecular weight is 264 g/mol. The number of carbonyl (C=O) groups is 1. The predicted molar refractivity (Wildman–Crippen MR) is 73.2 cm³/mol. The molecular formula is C15H21FN2O. The normalized spacial score (nSPS) is 20.8. The Morgan fingerprint density at radius 1 is 1.58 bits per heavy atom. The number of hydrogen-bond donors (Lipinski definition) is 2. The van der Waals surface area contributed by atoms with Crippen LogP contribution in [-0.4, -0.2) is 19.0 Å². The van der Waals surface area contributed by atoms with E-state index in [2.05, 4.69) is 10.6 Å². The molecule has 2 N–H and O–H groups in total. The van der Waals surface area contributed by atoms with Crippen LogP contribution in [0.3, 0.4) is 0 Å². The lowest BCUT2D eigenvalue weighted by molar-refractivity contribution is -0.122. The molecule has 0 radical (unpaired) electrons. The fraction of sp³-hybridized carbons (Fsp3) is 0.533. The van der Waals surface area contributed by atoms with Gasteiger partial charge in [-0.1, -0.05) is 12.1 Å². The highest BCUT2D eigenvalue weighted by Crippen LogP contribution is 2.17. The summed E-state index contributed by atoms with van der Waals surface area (Å²) in [6.07, 6.45) is 2.79. The maximum absolute atomic E-state index is 13.1. The molecule has 1 aromatic carbocycles. The van der Waals surface area contributed by atoms with Crippen LogP contribution in [0.4, 0.5) is 4.39 Å². The van der Waals surface area contributed by atoms with E-state index >= 15 is 0 Å². The van der Waals surface area contributed by atoms with E-state index in [1.807, 2.05) is 13.0 Å². The molecule has 1 aromatic rings. The maximum Gasteiger partial charge on any atom is 0.220 e. The van der Waals surface area contributed by atoms with Crippen molar-refractivity contribution in [3.8, 4) is 0 Å². The molecule has 1 fully saturated rings. The minimum Gasteiger partial charge on any atom is -0.350 e. The van der Waals surface area contributed by atoms with E-state index in [-0.39, 0.29) is 17.8 Å². The van der Waals surface area contributed by atoms with Crippen LogP contribution in [0.2, 0.25) is 0 Å². The van der Waals surface area contributed by atoms with Gasteiger partial charge in [-0.05, 0) is 56.5 Å². The van der Waals surface area contributed by atoms with Crippen LogP contribution >= 0.6 is 0 Å². The lowest BCUT2D eigenvalue weighted by Gasteiger charge is -2.23. The third-order valence-corrected chi connectivity index (χ3v) is 3.60. The van der Waals surface area contributed by atoms with Crippen LogP contribution < -0.4 is 10.6 Å². The molecule has 1 aliphatic rings. The minimum atomic E-state index is -0.268. The van der Waals surface area contributed by atoms with Crippen LogP contribution in [-0.2, 0) is 4.79 Å². The summed E-state index contributed by atoms with van der Waals surface area (Å²) in [7, 11) is 0. The second kappa shape index (κ2) is 6.66. The summed E-state index contributed by atoms with van der Waals surface area (Å²) in [4.78, 5) is 11.9. The first kappa shape index (κ1) is 14.0. The van der Waals surface area contributed by atoms with Gasteiger partial charge in [0.25, 0.3) is 0 Å². The van der Waals surface area contributed by atoms with Crippen molar-refractivity contribution >= 4 is 5.91 Å². The summed E-state index contributed by atoms with van der Waals surface area (Å²) in [6, 6.07) is 6.22. The van der Waals surface area contributed by atoms with Gasteiger partial charge in [0, 0.05) is 6.42 Å². The number of benzene rings is 1. The Morgan fingerprint density at radius 2 is 2.42 bits per heavy atom. The summed E-state index contributed by atoms with van der Waals surface area (Å²) >= 11 is 0. The monoisotopic (exact) mass is 264 g/mol. The molecule has 1 amide bonds. The summed E-state index contributed by atoms with van der Waals surface area (Å²) in [5, 5.41) is 6.24. The molecule has 0 bridgehead atoms. The van der Waals surface area contributed by atoms with Gasteiger partial charge in [0.1, 0.15) is 5.82 Å². The van der Waals surface area contributed by atoms with Crippen molar-refractivity contribution in [2.24, 2.45) is 5.92 Å². The largest absolute Gasteiger partial charge is 0.350 e. The van der Waals surface area contributed by atoms with E-state index in [9.17, 15) is 9.18 Å². The zero-order valence-electron chi connectivity index (χ0n) is 11.3. The predicted octanol–water partition coefficient (Wildman–Crippen LogP) is 2.39. The molecule has 1 unspecified atom stereocenters. The smallest absolute Gasteiger partial charge is 0.220 e.